The molecule has 0 amide bonds. The van der Waals surface area contributed by atoms with Crippen LogP contribution < -0.4 is 19.7 Å². The molecular formula is C24H31N5O3. The Kier molecular flexibility index (Phi) is 6.80. The van der Waals surface area contributed by atoms with Crippen LogP contribution >= 0.6 is 0 Å². The molecule has 1 fully saturated rings. The van der Waals surface area contributed by atoms with E-state index in [1.807, 2.05) is 18.2 Å². The lowest BCUT2D eigenvalue weighted by atomic mass is 10.1. The molecule has 0 radical (unpaired) electrons. The number of methoxy groups -OCH3 is 2. The molecule has 1 saturated heterocycles. The van der Waals surface area contributed by atoms with E-state index in [2.05, 4.69) is 57.3 Å². The van der Waals surface area contributed by atoms with Crippen molar-refractivity contribution in [1.29, 1.82) is 0 Å². The Bertz CT molecular complexity index is 1040. The molecule has 2 heterocycles. The van der Waals surface area contributed by atoms with Crippen molar-refractivity contribution in [3.8, 4) is 22.9 Å². The van der Waals surface area contributed by atoms with Gasteiger partial charge >= 0.3 is 6.01 Å². The van der Waals surface area contributed by atoms with Crippen molar-refractivity contribution in [2.45, 2.75) is 13.8 Å². The maximum absolute atomic E-state index is 5.37. The second-order valence-corrected chi connectivity index (χ2v) is 7.97. The Morgan fingerprint density at radius 2 is 1.78 bits per heavy atom. The summed E-state index contributed by atoms with van der Waals surface area (Å²) in [5.74, 6) is 1.80. The monoisotopic (exact) mass is 437 g/mol. The van der Waals surface area contributed by atoms with Crippen LogP contribution in [0.15, 0.2) is 40.9 Å². The largest absolute Gasteiger partial charge is 0.493 e. The summed E-state index contributed by atoms with van der Waals surface area (Å²) in [5.41, 5.74) is 4.89. The van der Waals surface area contributed by atoms with Gasteiger partial charge in [-0.2, -0.15) is 4.98 Å². The zero-order valence-corrected chi connectivity index (χ0v) is 19.2. The number of benzene rings is 2. The van der Waals surface area contributed by atoms with Crippen molar-refractivity contribution >= 4 is 11.7 Å². The Labute approximate surface area is 189 Å². The summed E-state index contributed by atoms with van der Waals surface area (Å²) in [7, 11) is 3.21. The minimum atomic E-state index is 0.420. The summed E-state index contributed by atoms with van der Waals surface area (Å²) >= 11 is 0. The number of piperazine rings is 1. The van der Waals surface area contributed by atoms with Gasteiger partial charge in [-0.15, -0.1) is 0 Å². The van der Waals surface area contributed by atoms with Gasteiger partial charge in [-0.3, -0.25) is 4.90 Å². The van der Waals surface area contributed by atoms with Gasteiger partial charge in [0.05, 0.1) is 14.2 Å². The number of aromatic nitrogens is 2. The number of nitrogens with one attached hydrogen (secondary N) is 1. The first-order chi connectivity index (χ1) is 15.6. The Morgan fingerprint density at radius 1 is 1.00 bits per heavy atom. The summed E-state index contributed by atoms with van der Waals surface area (Å²) in [6.45, 7) is 10.2. The normalized spacial score (nSPS) is 14.4. The van der Waals surface area contributed by atoms with Crippen LogP contribution in [0.3, 0.4) is 0 Å². The molecular weight excluding hydrogens is 406 g/mol. The summed E-state index contributed by atoms with van der Waals surface area (Å²) in [4.78, 5) is 9.40. The van der Waals surface area contributed by atoms with Gasteiger partial charge in [-0.05, 0) is 49.2 Å². The zero-order valence-electron chi connectivity index (χ0n) is 19.2. The van der Waals surface area contributed by atoms with Gasteiger partial charge in [-0.25, -0.2) is 0 Å². The molecule has 1 N–H and O–H groups in total. The molecule has 3 aromatic rings. The number of hydrogen-bond donors (Lipinski definition) is 1. The van der Waals surface area contributed by atoms with Crippen LogP contribution in [0.1, 0.15) is 11.1 Å². The predicted octanol–water partition coefficient (Wildman–Crippen LogP) is 3.60. The average Bonchev–Trinajstić information content (AvgIpc) is 3.30. The fourth-order valence-electron chi connectivity index (χ4n) is 4.00. The number of anilines is 2. The molecule has 2 aromatic carbocycles. The van der Waals surface area contributed by atoms with Gasteiger partial charge in [-0.1, -0.05) is 17.3 Å². The highest BCUT2D eigenvalue weighted by molar-refractivity contribution is 5.61. The molecule has 1 aliphatic heterocycles. The summed E-state index contributed by atoms with van der Waals surface area (Å²) in [6.07, 6.45) is 0. The summed E-state index contributed by atoms with van der Waals surface area (Å²) in [6, 6.07) is 12.5. The minimum Gasteiger partial charge on any atom is -0.493 e. The van der Waals surface area contributed by atoms with E-state index in [0.717, 1.165) is 44.8 Å². The lowest BCUT2D eigenvalue weighted by molar-refractivity contribution is 0.266. The number of ether oxygens (including phenoxy) is 2. The van der Waals surface area contributed by atoms with Crippen molar-refractivity contribution in [3.63, 3.8) is 0 Å². The van der Waals surface area contributed by atoms with Gasteiger partial charge in [0, 0.05) is 50.5 Å². The van der Waals surface area contributed by atoms with Gasteiger partial charge < -0.3 is 24.2 Å². The van der Waals surface area contributed by atoms with Gasteiger partial charge in [0.15, 0.2) is 11.5 Å². The molecule has 32 heavy (non-hydrogen) atoms. The third kappa shape index (κ3) is 4.80. The number of rotatable bonds is 8. The van der Waals surface area contributed by atoms with Crippen molar-refractivity contribution < 1.29 is 14.0 Å². The second kappa shape index (κ2) is 9.91. The van der Waals surface area contributed by atoms with E-state index in [0.29, 0.717) is 23.3 Å². The first-order valence-corrected chi connectivity index (χ1v) is 10.9. The lowest BCUT2D eigenvalue weighted by Crippen LogP contribution is -2.47. The Hall–Kier alpha value is -3.26. The lowest BCUT2D eigenvalue weighted by Gasteiger charge is -2.37. The van der Waals surface area contributed by atoms with Crippen LogP contribution in [0.25, 0.3) is 11.4 Å². The SMILES string of the molecule is COc1ccc(-c2noc(NCCN3CCN(c4cccc(C)c4C)CC3)n2)cc1OC. The van der Waals surface area contributed by atoms with E-state index in [1.54, 1.807) is 14.2 Å². The van der Waals surface area contributed by atoms with E-state index in [9.17, 15) is 0 Å². The van der Waals surface area contributed by atoms with Crippen LogP contribution in [0.5, 0.6) is 11.5 Å². The number of hydrogen-bond acceptors (Lipinski definition) is 8. The highest BCUT2D eigenvalue weighted by atomic mass is 16.5. The fourth-order valence-corrected chi connectivity index (χ4v) is 4.00. The first-order valence-electron chi connectivity index (χ1n) is 10.9. The maximum Gasteiger partial charge on any atom is 0.321 e. The highest BCUT2D eigenvalue weighted by Crippen LogP contribution is 2.31. The molecule has 170 valence electrons. The first kappa shape index (κ1) is 22.0. The van der Waals surface area contributed by atoms with Crippen molar-refractivity contribution in [2.24, 2.45) is 0 Å². The van der Waals surface area contributed by atoms with Crippen molar-refractivity contribution in [1.82, 2.24) is 15.0 Å². The van der Waals surface area contributed by atoms with Gasteiger partial charge in [0.2, 0.25) is 5.82 Å². The highest BCUT2D eigenvalue weighted by Gasteiger charge is 2.19. The number of aryl methyl sites for hydroxylation is 1. The quantitative estimate of drug-likeness (QED) is 0.573. The topological polar surface area (TPSA) is 75.9 Å². The minimum absolute atomic E-state index is 0.420. The molecule has 0 spiro atoms. The molecule has 1 aromatic heterocycles. The van der Waals surface area contributed by atoms with Gasteiger partial charge in [0.1, 0.15) is 0 Å². The predicted molar refractivity (Wildman–Crippen MR) is 126 cm³/mol. The molecule has 0 atom stereocenters. The Balaban J connectivity index is 1.26. The van der Waals surface area contributed by atoms with Crippen LogP contribution in [-0.2, 0) is 0 Å². The number of nitrogens with zero attached hydrogens (tertiary/aromatic N) is 4. The van der Waals surface area contributed by atoms with Gasteiger partial charge in [0.25, 0.3) is 0 Å². The smallest absolute Gasteiger partial charge is 0.321 e. The van der Waals surface area contributed by atoms with E-state index in [-0.39, 0.29) is 0 Å². The molecule has 1 aliphatic rings. The van der Waals surface area contributed by atoms with Crippen LogP contribution in [0.2, 0.25) is 0 Å². The molecule has 0 aliphatic carbocycles. The van der Waals surface area contributed by atoms with E-state index < -0.39 is 0 Å². The van der Waals surface area contributed by atoms with Crippen LogP contribution in [0.4, 0.5) is 11.7 Å². The van der Waals surface area contributed by atoms with Crippen molar-refractivity contribution in [3.05, 3.63) is 47.5 Å². The third-order valence-corrected chi connectivity index (χ3v) is 6.06. The van der Waals surface area contributed by atoms with Crippen LogP contribution in [0, 0.1) is 13.8 Å². The molecule has 8 heteroatoms. The van der Waals surface area contributed by atoms with E-state index in [1.165, 1.54) is 16.8 Å². The molecule has 0 unspecified atom stereocenters. The average molecular weight is 438 g/mol. The molecule has 4 rings (SSSR count). The molecule has 8 nitrogen and oxygen atoms in total. The third-order valence-electron chi connectivity index (χ3n) is 6.06. The second-order valence-electron chi connectivity index (χ2n) is 7.97. The van der Waals surface area contributed by atoms with Crippen molar-refractivity contribution in [2.75, 3.05) is 63.7 Å². The van der Waals surface area contributed by atoms with Crippen LogP contribution in [-0.4, -0.2) is 68.5 Å². The standard InChI is InChI=1S/C24H31N5O3/c1-17-6-5-7-20(18(17)2)29-14-12-28(13-15-29)11-10-25-24-26-23(27-32-24)19-8-9-21(30-3)22(16-19)31-4/h5-9,16H,10-15H2,1-4H3,(H,25,26,27). The molecule has 0 bridgehead atoms. The fraction of sp³-hybridized carbons (Fsp3) is 0.417. The zero-order chi connectivity index (χ0) is 22.5. The Morgan fingerprint density at radius 3 is 2.53 bits per heavy atom. The maximum atomic E-state index is 5.37. The van der Waals surface area contributed by atoms with E-state index in [4.69, 9.17) is 14.0 Å². The summed E-state index contributed by atoms with van der Waals surface area (Å²) < 4.78 is 16.0. The molecule has 0 saturated carbocycles. The summed E-state index contributed by atoms with van der Waals surface area (Å²) in [5, 5.41) is 7.32. The van der Waals surface area contributed by atoms with E-state index >= 15 is 0 Å².